The molecule has 0 spiro atoms. The van der Waals surface area contributed by atoms with Gasteiger partial charge in [0.15, 0.2) is 17.5 Å². The van der Waals surface area contributed by atoms with E-state index < -0.39 is 18.3 Å². The van der Waals surface area contributed by atoms with Gasteiger partial charge in [0.05, 0.1) is 26.0 Å². The Labute approximate surface area is 242 Å². The van der Waals surface area contributed by atoms with Crippen LogP contribution in [0.15, 0.2) is 42.6 Å². The molecule has 1 aromatic carbocycles. The van der Waals surface area contributed by atoms with E-state index in [1.54, 1.807) is 36.4 Å². The second-order valence-electron chi connectivity index (χ2n) is 9.39. The minimum atomic E-state index is -4.51. The van der Waals surface area contributed by atoms with E-state index >= 15 is 0 Å². The van der Waals surface area contributed by atoms with Crippen molar-refractivity contribution < 1.29 is 27.4 Å². The Hall–Kier alpha value is -3.22. The molecule has 218 valence electrons. The summed E-state index contributed by atoms with van der Waals surface area (Å²) in [4.78, 5) is 16.8. The van der Waals surface area contributed by atoms with E-state index in [0.29, 0.717) is 28.3 Å². The molecule has 4 heterocycles. The van der Waals surface area contributed by atoms with Crippen LogP contribution in [-0.4, -0.2) is 60.2 Å². The number of benzene rings is 1. The zero-order chi connectivity index (χ0) is 26.9. The van der Waals surface area contributed by atoms with Crippen molar-refractivity contribution in [3.8, 4) is 22.8 Å². The number of carbonyl (C=O) groups is 1. The van der Waals surface area contributed by atoms with Crippen molar-refractivity contribution in [2.75, 3.05) is 32.6 Å². The van der Waals surface area contributed by atoms with E-state index in [4.69, 9.17) is 9.47 Å². The molecule has 0 aliphatic carbocycles. The second-order valence-corrected chi connectivity index (χ2v) is 9.39. The highest BCUT2D eigenvalue weighted by Gasteiger charge is 2.46. The zero-order valence-corrected chi connectivity index (χ0v) is 23.5. The Morgan fingerprint density at radius 2 is 1.77 bits per heavy atom. The van der Waals surface area contributed by atoms with Gasteiger partial charge in [0.25, 0.3) is 5.91 Å². The van der Waals surface area contributed by atoms with Crippen LogP contribution < -0.4 is 25.4 Å². The number of ether oxygens (including phenoxy) is 2. The van der Waals surface area contributed by atoms with Gasteiger partial charge in [0, 0.05) is 30.3 Å². The largest absolute Gasteiger partial charge is 0.493 e. The van der Waals surface area contributed by atoms with Gasteiger partial charge in [-0.25, -0.2) is 4.68 Å². The average Bonchev–Trinajstić information content (AvgIpc) is 3.36. The Balaban J connectivity index is 0.00000220. The maximum absolute atomic E-state index is 14.1. The minimum absolute atomic E-state index is 0. The first-order valence-corrected chi connectivity index (χ1v) is 12.4. The van der Waals surface area contributed by atoms with Crippen LogP contribution in [0.4, 0.5) is 19.0 Å². The topological polar surface area (TPSA) is 102 Å². The summed E-state index contributed by atoms with van der Waals surface area (Å²) < 4.78 is 53.9. The number of carbonyl (C=O) groups excluding carboxylic acids is 1. The highest BCUT2D eigenvalue weighted by atomic mass is 35.5. The van der Waals surface area contributed by atoms with E-state index in [9.17, 15) is 18.0 Å². The van der Waals surface area contributed by atoms with Crippen molar-refractivity contribution in [3.05, 3.63) is 53.9 Å². The minimum Gasteiger partial charge on any atom is -0.493 e. The van der Waals surface area contributed by atoms with Crippen molar-refractivity contribution >= 4 is 36.5 Å². The molecule has 0 radical (unpaired) electrons. The summed E-state index contributed by atoms with van der Waals surface area (Å²) in [7, 11) is 2.98. The van der Waals surface area contributed by atoms with Crippen molar-refractivity contribution in [1.29, 1.82) is 0 Å². The fraction of sp³-hybridized carbons (Fsp3) is 0.423. The van der Waals surface area contributed by atoms with E-state index in [1.165, 1.54) is 20.4 Å². The van der Waals surface area contributed by atoms with E-state index in [0.717, 1.165) is 30.6 Å². The standard InChI is InChI=1S/C26H29F3N6O3.2ClH/c1-37-21-6-4-15(11-22(21)38-2)19-12-23(26(27,28)29)35-24(33-19)13-20(34-35)16-3-5-18(31-14-16)25(36)32-17-7-9-30-10-8-17;;/h3-6,11,13-14,17,19,23,30,33H,7-10,12H2,1-2H3,(H,32,36);2*1H. The van der Waals surface area contributed by atoms with Crippen LogP contribution >= 0.6 is 24.8 Å². The van der Waals surface area contributed by atoms with Crippen LogP contribution in [0.1, 0.15) is 47.4 Å². The van der Waals surface area contributed by atoms with Gasteiger partial charge >= 0.3 is 6.18 Å². The Bertz CT molecular complexity index is 1300. The molecular weight excluding hydrogens is 572 g/mol. The first kappa shape index (κ1) is 31.3. The summed E-state index contributed by atoms with van der Waals surface area (Å²) >= 11 is 0. The Morgan fingerprint density at radius 1 is 1.05 bits per heavy atom. The number of hydrogen-bond acceptors (Lipinski definition) is 7. The second kappa shape index (κ2) is 13.0. The van der Waals surface area contributed by atoms with Crippen LogP contribution in [-0.2, 0) is 0 Å². The Kier molecular flexibility index (Phi) is 10.1. The number of hydrogen-bond donors (Lipinski definition) is 3. The van der Waals surface area contributed by atoms with Crippen molar-refractivity contribution in [2.24, 2.45) is 0 Å². The zero-order valence-electron chi connectivity index (χ0n) is 21.8. The first-order chi connectivity index (χ1) is 18.3. The average molecular weight is 603 g/mol. The molecule has 2 aliphatic rings. The maximum Gasteiger partial charge on any atom is 0.410 e. The van der Waals surface area contributed by atoms with Gasteiger partial charge in [-0.3, -0.25) is 9.78 Å². The van der Waals surface area contributed by atoms with Crippen LogP contribution in [0.2, 0.25) is 0 Å². The number of alkyl halides is 3. The summed E-state index contributed by atoms with van der Waals surface area (Å²) in [6, 6.07) is 7.48. The highest BCUT2D eigenvalue weighted by Crippen LogP contribution is 2.45. The third-order valence-electron chi connectivity index (χ3n) is 6.97. The van der Waals surface area contributed by atoms with Crippen LogP contribution in [0.5, 0.6) is 11.5 Å². The lowest BCUT2D eigenvalue weighted by Gasteiger charge is -2.33. The fourth-order valence-electron chi connectivity index (χ4n) is 4.91. The van der Waals surface area contributed by atoms with Crippen molar-refractivity contribution in [1.82, 2.24) is 25.4 Å². The molecule has 1 fully saturated rings. The van der Waals surface area contributed by atoms with Crippen molar-refractivity contribution in [3.63, 3.8) is 0 Å². The third-order valence-corrected chi connectivity index (χ3v) is 6.97. The quantitative estimate of drug-likeness (QED) is 0.367. The number of halogens is 5. The summed E-state index contributed by atoms with van der Waals surface area (Å²) in [5.74, 6) is 0.892. The molecule has 0 bridgehead atoms. The number of nitrogens with zero attached hydrogens (tertiary/aromatic N) is 3. The lowest BCUT2D eigenvalue weighted by molar-refractivity contribution is -0.173. The van der Waals surface area contributed by atoms with Gasteiger partial charge in [-0.1, -0.05) is 6.07 Å². The number of fused-ring (bicyclic) bond motifs is 1. The van der Waals surface area contributed by atoms with E-state index in [-0.39, 0.29) is 54.7 Å². The summed E-state index contributed by atoms with van der Waals surface area (Å²) in [6.45, 7) is 1.70. The molecule has 3 aromatic rings. The maximum atomic E-state index is 14.1. The SMILES string of the molecule is COc1ccc(C2CC(C(F)(F)F)n3nc(-c4ccc(C(=O)NC5CCNCC5)nc4)cc3N2)cc1OC.Cl.Cl. The molecule has 2 aliphatic heterocycles. The predicted molar refractivity (Wildman–Crippen MR) is 149 cm³/mol. The van der Waals surface area contributed by atoms with Crippen LogP contribution in [0.25, 0.3) is 11.3 Å². The van der Waals surface area contributed by atoms with E-state index in [2.05, 4.69) is 26.0 Å². The molecule has 14 heteroatoms. The highest BCUT2D eigenvalue weighted by molar-refractivity contribution is 5.92. The van der Waals surface area contributed by atoms with Gasteiger partial charge in [-0.15, -0.1) is 24.8 Å². The summed E-state index contributed by atoms with van der Waals surface area (Å²) in [6.07, 6.45) is -1.60. The smallest absolute Gasteiger partial charge is 0.410 e. The van der Waals surface area contributed by atoms with Gasteiger partial charge in [-0.05, 0) is 55.8 Å². The van der Waals surface area contributed by atoms with Gasteiger partial charge in [0.2, 0.25) is 0 Å². The number of methoxy groups -OCH3 is 2. The monoisotopic (exact) mass is 602 g/mol. The normalized spacial score (nSPS) is 18.8. The number of pyridine rings is 1. The molecule has 0 saturated carbocycles. The lowest BCUT2D eigenvalue weighted by Crippen LogP contribution is -2.42. The molecule has 5 rings (SSSR count). The Morgan fingerprint density at radius 3 is 2.40 bits per heavy atom. The summed E-state index contributed by atoms with van der Waals surface area (Å²) in [5.41, 5.74) is 1.72. The van der Waals surface area contributed by atoms with Gasteiger partial charge < -0.3 is 25.4 Å². The number of piperidine rings is 1. The molecule has 40 heavy (non-hydrogen) atoms. The molecule has 2 aromatic heterocycles. The molecule has 1 amide bonds. The molecule has 2 atom stereocenters. The number of amides is 1. The lowest BCUT2D eigenvalue weighted by atomic mass is 9.96. The number of anilines is 1. The molecule has 1 saturated heterocycles. The number of nitrogens with one attached hydrogen (secondary N) is 3. The van der Waals surface area contributed by atoms with Gasteiger partial charge in [0.1, 0.15) is 11.5 Å². The number of aromatic nitrogens is 3. The predicted octanol–water partition coefficient (Wildman–Crippen LogP) is 4.95. The fourth-order valence-corrected chi connectivity index (χ4v) is 4.91. The molecule has 3 N–H and O–H groups in total. The van der Waals surface area contributed by atoms with Crippen LogP contribution in [0, 0.1) is 0 Å². The molecule has 2 unspecified atom stereocenters. The number of rotatable bonds is 6. The first-order valence-electron chi connectivity index (χ1n) is 12.4. The summed E-state index contributed by atoms with van der Waals surface area (Å²) in [5, 5.41) is 13.7. The molecular formula is C26H31Cl2F3N6O3. The van der Waals surface area contributed by atoms with Crippen LogP contribution in [0.3, 0.4) is 0 Å². The third kappa shape index (κ3) is 6.56. The van der Waals surface area contributed by atoms with Gasteiger partial charge in [-0.2, -0.15) is 18.3 Å². The van der Waals surface area contributed by atoms with E-state index in [1.807, 2.05) is 0 Å². The molecule has 9 nitrogen and oxygen atoms in total. The van der Waals surface area contributed by atoms with Crippen molar-refractivity contribution in [2.45, 2.75) is 43.6 Å².